The number of benzene rings is 1. The first-order valence-corrected chi connectivity index (χ1v) is 5.13. The molecule has 1 N–H and O–H groups in total. The van der Waals surface area contributed by atoms with Crippen LogP contribution in [0.25, 0.3) is 0 Å². The molecule has 2 amide bonds. The first-order chi connectivity index (χ1) is 8.16. The van der Waals surface area contributed by atoms with Crippen LogP contribution in [0.1, 0.15) is 10.4 Å². The molecular weight excluding hydrogens is 220 g/mol. The first-order valence-electron chi connectivity index (χ1n) is 5.13. The number of hydrogen-bond acceptors (Lipinski definition) is 3. The average Bonchev–Trinajstić information content (AvgIpc) is 2.67. The maximum atomic E-state index is 12.1. The second kappa shape index (κ2) is 3.28. The Labute approximate surface area is 96.7 Å². The third kappa shape index (κ3) is 1.36. The minimum Gasteiger partial charge on any atom is -0.320 e. The number of carbonyl (C=O) groups excluding carboxylic acids is 3. The maximum Gasteiger partial charge on any atom is 0.272 e. The van der Waals surface area contributed by atoms with Crippen LogP contribution in [0, 0.1) is 0 Å². The predicted octanol–water partition coefficient (Wildman–Crippen LogP) is 0.547. The molecule has 0 aromatic heterocycles. The van der Waals surface area contributed by atoms with E-state index >= 15 is 0 Å². The molecular formula is C12H8N2O3. The van der Waals surface area contributed by atoms with E-state index < -0.39 is 5.91 Å². The number of ketones is 1. The van der Waals surface area contributed by atoms with Crippen LogP contribution < -0.4 is 5.32 Å². The summed E-state index contributed by atoms with van der Waals surface area (Å²) in [5, 5.41) is 2.62. The zero-order valence-corrected chi connectivity index (χ0v) is 8.77. The van der Waals surface area contributed by atoms with E-state index in [0.29, 0.717) is 11.3 Å². The molecule has 2 aliphatic rings. The number of anilines is 1. The molecule has 5 heteroatoms. The van der Waals surface area contributed by atoms with Crippen molar-refractivity contribution < 1.29 is 14.4 Å². The van der Waals surface area contributed by atoms with Gasteiger partial charge in [-0.1, -0.05) is 12.1 Å². The fourth-order valence-electron chi connectivity index (χ4n) is 2.00. The number of amides is 2. The summed E-state index contributed by atoms with van der Waals surface area (Å²) in [4.78, 5) is 36.5. The smallest absolute Gasteiger partial charge is 0.272 e. The van der Waals surface area contributed by atoms with Crippen LogP contribution >= 0.6 is 0 Å². The van der Waals surface area contributed by atoms with Gasteiger partial charge in [0.1, 0.15) is 5.70 Å². The van der Waals surface area contributed by atoms with Gasteiger partial charge in [-0.2, -0.15) is 0 Å². The Kier molecular flexibility index (Phi) is 1.89. The van der Waals surface area contributed by atoms with Gasteiger partial charge in [0.25, 0.3) is 11.8 Å². The van der Waals surface area contributed by atoms with Crippen molar-refractivity contribution in [3.63, 3.8) is 0 Å². The summed E-state index contributed by atoms with van der Waals surface area (Å²) in [6.07, 6.45) is 1.21. The molecule has 0 radical (unpaired) electrons. The summed E-state index contributed by atoms with van der Waals surface area (Å²) in [6.45, 7) is -0.0596. The van der Waals surface area contributed by atoms with E-state index in [1.807, 2.05) is 0 Å². The zero-order chi connectivity index (χ0) is 12.0. The minimum atomic E-state index is -0.422. The molecule has 2 aliphatic heterocycles. The number of nitrogens with one attached hydrogen (secondary N) is 1. The molecule has 0 atom stereocenters. The van der Waals surface area contributed by atoms with Crippen molar-refractivity contribution in [2.45, 2.75) is 0 Å². The third-order valence-corrected chi connectivity index (χ3v) is 2.79. The molecule has 0 fully saturated rings. The molecule has 0 saturated carbocycles. The highest BCUT2D eigenvalue weighted by molar-refractivity contribution is 6.20. The molecule has 1 aromatic carbocycles. The van der Waals surface area contributed by atoms with Gasteiger partial charge in [-0.05, 0) is 12.1 Å². The summed E-state index contributed by atoms with van der Waals surface area (Å²) in [5.74, 6) is -0.979. The second-order valence-corrected chi connectivity index (χ2v) is 3.89. The standard InChI is InChI=1S/C12H8N2O3/c15-7-5-10-11(16)13-9-4-2-1-3-8(9)12(17)14(10)6-7/h1-5H,6H2,(H,13,16). The molecule has 5 nitrogen and oxygen atoms in total. The number of carbonyl (C=O) groups is 3. The van der Waals surface area contributed by atoms with Gasteiger partial charge in [0.2, 0.25) is 0 Å². The van der Waals surface area contributed by atoms with Gasteiger partial charge < -0.3 is 5.32 Å². The maximum absolute atomic E-state index is 12.1. The fraction of sp³-hybridized carbons (Fsp3) is 0.0833. The van der Waals surface area contributed by atoms with Crippen LogP contribution in [0.2, 0.25) is 0 Å². The van der Waals surface area contributed by atoms with Crippen molar-refractivity contribution >= 4 is 23.3 Å². The van der Waals surface area contributed by atoms with E-state index in [1.165, 1.54) is 11.0 Å². The predicted molar refractivity (Wildman–Crippen MR) is 59.2 cm³/mol. The van der Waals surface area contributed by atoms with Gasteiger partial charge in [0.05, 0.1) is 17.8 Å². The number of nitrogens with zero attached hydrogens (tertiary/aromatic N) is 1. The Morgan fingerprint density at radius 3 is 2.71 bits per heavy atom. The highest BCUT2D eigenvalue weighted by atomic mass is 16.2. The Bertz CT molecular complexity index is 589. The number of rotatable bonds is 0. The monoisotopic (exact) mass is 228 g/mol. The molecule has 0 aliphatic carbocycles. The van der Waals surface area contributed by atoms with Crippen molar-refractivity contribution in [3.05, 3.63) is 41.6 Å². The van der Waals surface area contributed by atoms with Gasteiger partial charge in [0.15, 0.2) is 5.78 Å². The Balaban J connectivity index is 2.17. The average molecular weight is 228 g/mol. The van der Waals surface area contributed by atoms with Gasteiger partial charge in [-0.25, -0.2) is 0 Å². The Morgan fingerprint density at radius 2 is 1.88 bits per heavy atom. The molecule has 3 rings (SSSR count). The van der Waals surface area contributed by atoms with E-state index in [-0.39, 0.29) is 23.9 Å². The molecule has 84 valence electrons. The fourth-order valence-corrected chi connectivity index (χ4v) is 2.00. The topological polar surface area (TPSA) is 66.5 Å². The molecule has 0 unspecified atom stereocenters. The molecule has 0 saturated heterocycles. The normalized spacial score (nSPS) is 18.2. The lowest BCUT2D eigenvalue weighted by atomic mass is 10.1. The lowest BCUT2D eigenvalue weighted by molar-refractivity contribution is -0.114. The highest BCUT2D eigenvalue weighted by Crippen LogP contribution is 2.26. The van der Waals surface area contributed by atoms with Crippen molar-refractivity contribution in [1.82, 2.24) is 4.90 Å². The van der Waals surface area contributed by atoms with E-state index in [9.17, 15) is 14.4 Å². The third-order valence-electron chi connectivity index (χ3n) is 2.79. The number of fused-ring (bicyclic) bond motifs is 2. The quantitative estimate of drug-likeness (QED) is 0.705. The van der Waals surface area contributed by atoms with Crippen molar-refractivity contribution in [1.29, 1.82) is 0 Å². The molecule has 0 spiro atoms. The van der Waals surface area contributed by atoms with Crippen molar-refractivity contribution in [3.8, 4) is 0 Å². The largest absolute Gasteiger partial charge is 0.320 e. The summed E-state index contributed by atoms with van der Waals surface area (Å²) < 4.78 is 0. The van der Waals surface area contributed by atoms with Crippen LogP contribution in [-0.4, -0.2) is 29.0 Å². The van der Waals surface area contributed by atoms with Gasteiger partial charge in [0, 0.05) is 6.08 Å². The van der Waals surface area contributed by atoms with E-state index in [0.717, 1.165) is 0 Å². The van der Waals surface area contributed by atoms with Gasteiger partial charge >= 0.3 is 0 Å². The SMILES string of the molecule is O=C1C=C2C(=O)Nc3ccccc3C(=O)N2C1. The Hall–Kier alpha value is -2.43. The van der Waals surface area contributed by atoms with Crippen LogP contribution in [0.15, 0.2) is 36.0 Å². The summed E-state index contributed by atoms with van der Waals surface area (Å²) in [6, 6.07) is 6.75. The van der Waals surface area contributed by atoms with E-state index in [4.69, 9.17) is 0 Å². The molecule has 1 aromatic rings. The summed E-state index contributed by atoms with van der Waals surface area (Å²) in [5.41, 5.74) is 1.00. The summed E-state index contributed by atoms with van der Waals surface area (Å²) in [7, 11) is 0. The highest BCUT2D eigenvalue weighted by Gasteiger charge is 2.35. The van der Waals surface area contributed by atoms with E-state index in [1.54, 1.807) is 24.3 Å². The van der Waals surface area contributed by atoms with Crippen LogP contribution in [-0.2, 0) is 9.59 Å². The lowest BCUT2D eigenvalue weighted by Crippen LogP contribution is -2.31. The van der Waals surface area contributed by atoms with Crippen LogP contribution in [0.3, 0.4) is 0 Å². The summed E-state index contributed by atoms with van der Waals surface area (Å²) >= 11 is 0. The second-order valence-electron chi connectivity index (χ2n) is 3.89. The molecule has 2 heterocycles. The zero-order valence-electron chi connectivity index (χ0n) is 8.77. The first kappa shape index (κ1) is 9.77. The molecule has 17 heavy (non-hydrogen) atoms. The van der Waals surface area contributed by atoms with Crippen LogP contribution in [0.5, 0.6) is 0 Å². The van der Waals surface area contributed by atoms with Gasteiger partial charge in [-0.15, -0.1) is 0 Å². The Morgan fingerprint density at radius 1 is 1.12 bits per heavy atom. The van der Waals surface area contributed by atoms with Crippen molar-refractivity contribution in [2.75, 3.05) is 11.9 Å². The molecule has 0 bridgehead atoms. The number of para-hydroxylation sites is 1. The minimum absolute atomic E-state index is 0.0596. The van der Waals surface area contributed by atoms with E-state index in [2.05, 4.69) is 5.32 Å². The van der Waals surface area contributed by atoms with Gasteiger partial charge in [-0.3, -0.25) is 19.3 Å². The number of hydrogen-bond donors (Lipinski definition) is 1. The van der Waals surface area contributed by atoms with Crippen molar-refractivity contribution in [2.24, 2.45) is 0 Å². The lowest BCUT2D eigenvalue weighted by Gasteiger charge is -2.14. The van der Waals surface area contributed by atoms with Crippen LogP contribution in [0.4, 0.5) is 5.69 Å².